The Labute approximate surface area is 158 Å². The number of aryl methyl sites for hydroxylation is 1. The summed E-state index contributed by atoms with van der Waals surface area (Å²) in [6.45, 7) is 7.98. The van der Waals surface area contributed by atoms with Crippen molar-refractivity contribution < 1.29 is 4.79 Å². The van der Waals surface area contributed by atoms with Crippen molar-refractivity contribution >= 4 is 16.8 Å². The van der Waals surface area contributed by atoms with Gasteiger partial charge in [0.1, 0.15) is 11.4 Å². The number of nitrogens with one attached hydrogen (secondary N) is 2. The van der Waals surface area contributed by atoms with Crippen LogP contribution in [0.2, 0.25) is 0 Å². The zero-order valence-electron chi connectivity index (χ0n) is 16.1. The minimum Gasteiger partial charge on any atom is -0.351 e. The van der Waals surface area contributed by atoms with Gasteiger partial charge in [0.05, 0.1) is 11.2 Å². The third kappa shape index (κ3) is 4.05. The summed E-state index contributed by atoms with van der Waals surface area (Å²) in [6.07, 6.45) is 2.39. The SMILES string of the molecule is Cc1nc(C(C)(C)C)[nH]c(=O)c1C(=O)NCCc1cccc2cccnc12. The van der Waals surface area contributed by atoms with Crippen molar-refractivity contribution in [3.8, 4) is 0 Å². The second-order valence-corrected chi connectivity index (χ2v) is 7.62. The van der Waals surface area contributed by atoms with Crippen LogP contribution in [0.4, 0.5) is 0 Å². The van der Waals surface area contributed by atoms with Crippen LogP contribution in [-0.2, 0) is 11.8 Å². The number of para-hydroxylation sites is 1. The second kappa shape index (κ2) is 7.31. The molecule has 2 heterocycles. The maximum atomic E-state index is 12.5. The molecule has 2 aromatic heterocycles. The van der Waals surface area contributed by atoms with Gasteiger partial charge in [-0.1, -0.05) is 45.0 Å². The molecule has 0 spiro atoms. The van der Waals surface area contributed by atoms with E-state index >= 15 is 0 Å². The number of rotatable bonds is 4. The first-order chi connectivity index (χ1) is 12.8. The summed E-state index contributed by atoms with van der Waals surface area (Å²) < 4.78 is 0. The topological polar surface area (TPSA) is 87.7 Å². The molecule has 3 rings (SSSR count). The third-order valence-corrected chi connectivity index (χ3v) is 4.43. The van der Waals surface area contributed by atoms with Crippen LogP contribution >= 0.6 is 0 Å². The Balaban J connectivity index is 1.74. The van der Waals surface area contributed by atoms with Crippen molar-refractivity contribution in [2.75, 3.05) is 6.54 Å². The van der Waals surface area contributed by atoms with Gasteiger partial charge in [-0.3, -0.25) is 14.6 Å². The van der Waals surface area contributed by atoms with Crippen molar-refractivity contribution in [1.82, 2.24) is 20.3 Å². The summed E-state index contributed by atoms with van der Waals surface area (Å²) in [5.74, 6) is 0.165. The lowest BCUT2D eigenvalue weighted by Crippen LogP contribution is -2.34. The van der Waals surface area contributed by atoms with E-state index in [1.54, 1.807) is 13.1 Å². The third-order valence-electron chi connectivity index (χ3n) is 4.43. The van der Waals surface area contributed by atoms with Crippen molar-refractivity contribution in [1.29, 1.82) is 0 Å². The summed E-state index contributed by atoms with van der Waals surface area (Å²) in [5.41, 5.74) is 1.80. The quantitative estimate of drug-likeness (QED) is 0.745. The van der Waals surface area contributed by atoms with Gasteiger partial charge >= 0.3 is 0 Å². The summed E-state index contributed by atoms with van der Waals surface area (Å²) in [4.78, 5) is 36.5. The number of carbonyl (C=O) groups excluding carboxylic acids is 1. The van der Waals surface area contributed by atoms with Crippen LogP contribution in [0.5, 0.6) is 0 Å². The Kier molecular flexibility index (Phi) is 5.08. The molecular weight excluding hydrogens is 340 g/mol. The van der Waals surface area contributed by atoms with Crippen LogP contribution in [0.15, 0.2) is 41.3 Å². The molecule has 0 radical (unpaired) electrons. The Hall–Kier alpha value is -3.02. The maximum absolute atomic E-state index is 12.5. The van der Waals surface area contributed by atoms with Crippen LogP contribution < -0.4 is 10.9 Å². The highest BCUT2D eigenvalue weighted by atomic mass is 16.2. The summed E-state index contributed by atoms with van der Waals surface area (Å²) in [7, 11) is 0. The lowest BCUT2D eigenvalue weighted by molar-refractivity contribution is 0.0951. The number of aromatic amines is 1. The first-order valence-electron chi connectivity index (χ1n) is 8.99. The van der Waals surface area contributed by atoms with Gasteiger partial charge in [0.2, 0.25) is 0 Å². The number of amides is 1. The fourth-order valence-corrected chi connectivity index (χ4v) is 2.98. The molecule has 0 saturated heterocycles. The van der Waals surface area contributed by atoms with Crippen molar-refractivity contribution in [3.63, 3.8) is 0 Å². The smallest absolute Gasteiger partial charge is 0.264 e. The number of fused-ring (bicyclic) bond motifs is 1. The Morgan fingerprint density at radius 1 is 1.19 bits per heavy atom. The van der Waals surface area contributed by atoms with Gasteiger partial charge in [-0.2, -0.15) is 0 Å². The van der Waals surface area contributed by atoms with Crippen LogP contribution in [0, 0.1) is 6.92 Å². The van der Waals surface area contributed by atoms with E-state index in [0.29, 0.717) is 24.5 Å². The van der Waals surface area contributed by atoms with Crippen LogP contribution in [0.1, 0.15) is 48.2 Å². The Morgan fingerprint density at radius 3 is 2.63 bits per heavy atom. The molecule has 3 aromatic rings. The monoisotopic (exact) mass is 364 g/mol. The minimum absolute atomic E-state index is 0.0686. The van der Waals surface area contributed by atoms with Gasteiger partial charge in [-0.05, 0) is 25.0 Å². The lowest BCUT2D eigenvalue weighted by Gasteiger charge is -2.18. The molecule has 6 heteroatoms. The number of pyridine rings is 1. The van der Waals surface area contributed by atoms with E-state index < -0.39 is 11.5 Å². The van der Waals surface area contributed by atoms with E-state index in [1.165, 1.54) is 0 Å². The largest absolute Gasteiger partial charge is 0.351 e. The molecule has 1 aromatic carbocycles. The summed E-state index contributed by atoms with van der Waals surface area (Å²) in [5, 5.41) is 3.89. The van der Waals surface area contributed by atoms with Gasteiger partial charge < -0.3 is 10.3 Å². The molecule has 6 nitrogen and oxygen atoms in total. The molecule has 0 aliphatic carbocycles. The van der Waals surface area contributed by atoms with Gasteiger partial charge in [0.25, 0.3) is 11.5 Å². The number of aromatic nitrogens is 3. The van der Waals surface area contributed by atoms with Crippen LogP contribution in [0.3, 0.4) is 0 Å². The first-order valence-corrected chi connectivity index (χ1v) is 8.99. The van der Waals surface area contributed by atoms with E-state index in [2.05, 4.69) is 20.3 Å². The van der Waals surface area contributed by atoms with Gasteiger partial charge in [0, 0.05) is 23.5 Å². The standard InChI is InChI=1S/C21H24N4O2/c1-13-16(19(27)25-20(24-13)21(2,3)4)18(26)23-12-10-15-8-5-7-14-9-6-11-22-17(14)15/h5-9,11H,10,12H2,1-4H3,(H,23,26)(H,24,25,27). The van der Waals surface area contributed by atoms with Crippen molar-refractivity contribution in [2.24, 2.45) is 0 Å². The highest BCUT2D eigenvalue weighted by Gasteiger charge is 2.22. The molecule has 0 aliphatic rings. The maximum Gasteiger partial charge on any atom is 0.264 e. The molecule has 0 bridgehead atoms. The molecule has 0 saturated carbocycles. The molecule has 0 fully saturated rings. The Morgan fingerprint density at radius 2 is 1.93 bits per heavy atom. The predicted molar refractivity (Wildman–Crippen MR) is 106 cm³/mol. The molecular formula is C21H24N4O2. The van der Waals surface area contributed by atoms with E-state index in [9.17, 15) is 9.59 Å². The molecule has 2 N–H and O–H groups in total. The molecule has 1 amide bonds. The van der Waals surface area contributed by atoms with Crippen molar-refractivity contribution in [2.45, 2.75) is 39.5 Å². The van der Waals surface area contributed by atoms with Crippen LogP contribution in [0.25, 0.3) is 10.9 Å². The second-order valence-electron chi connectivity index (χ2n) is 7.62. The minimum atomic E-state index is -0.407. The average Bonchev–Trinajstić information content (AvgIpc) is 2.60. The zero-order chi connectivity index (χ0) is 19.6. The molecule has 0 unspecified atom stereocenters. The highest BCUT2D eigenvalue weighted by molar-refractivity contribution is 5.94. The zero-order valence-corrected chi connectivity index (χ0v) is 16.1. The fourth-order valence-electron chi connectivity index (χ4n) is 2.98. The average molecular weight is 364 g/mol. The summed E-state index contributed by atoms with van der Waals surface area (Å²) in [6, 6.07) is 9.90. The lowest BCUT2D eigenvalue weighted by atomic mass is 9.95. The van der Waals surface area contributed by atoms with E-state index in [1.807, 2.05) is 51.1 Å². The molecule has 140 valence electrons. The molecule has 0 aliphatic heterocycles. The number of hydrogen-bond donors (Lipinski definition) is 2. The predicted octanol–water partition coefficient (Wildman–Crippen LogP) is 2.90. The number of benzene rings is 1. The number of nitrogens with zero attached hydrogens (tertiary/aromatic N) is 2. The fraction of sp³-hybridized carbons (Fsp3) is 0.333. The number of hydrogen-bond acceptors (Lipinski definition) is 4. The number of H-pyrrole nitrogens is 1. The van der Waals surface area contributed by atoms with Crippen LogP contribution in [-0.4, -0.2) is 27.4 Å². The van der Waals surface area contributed by atoms with Gasteiger partial charge in [0.15, 0.2) is 0 Å². The van der Waals surface area contributed by atoms with Crippen molar-refractivity contribution in [3.05, 3.63) is 69.5 Å². The van der Waals surface area contributed by atoms with E-state index in [4.69, 9.17) is 0 Å². The van der Waals surface area contributed by atoms with E-state index in [0.717, 1.165) is 16.5 Å². The van der Waals surface area contributed by atoms with Gasteiger partial charge in [-0.15, -0.1) is 0 Å². The first kappa shape index (κ1) is 18.8. The normalized spacial score (nSPS) is 11.6. The van der Waals surface area contributed by atoms with Gasteiger partial charge in [-0.25, -0.2) is 4.98 Å². The highest BCUT2D eigenvalue weighted by Crippen LogP contribution is 2.18. The number of carbonyl (C=O) groups is 1. The Bertz CT molecular complexity index is 1040. The van der Waals surface area contributed by atoms with E-state index in [-0.39, 0.29) is 11.0 Å². The summed E-state index contributed by atoms with van der Waals surface area (Å²) >= 11 is 0. The molecule has 0 atom stereocenters. The molecule has 27 heavy (non-hydrogen) atoms.